The van der Waals surface area contributed by atoms with Gasteiger partial charge in [-0.15, -0.1) is 0 Å². The fraction of sp³-hybridized carbons (Fsp3) is 0.318. The molecule has 0 aromatic heterocycles. The summed E-state index contributed by atoms with van der Waals surface area (Å²) in [7, 11) is 0. The number of nitrogens with one attached hydrogen (secondary N) is 2. The molecule has 0 fully saturated rings. The third kappa shape index (κ3) is 6.61. The molecule has 0 saturated carbocycles. The molecule has 28 heavy (non-hydrogen) atoms. The minimum absolute atomic E-state index is 0.0244. The smallest absolute Gasteiger partial charge is 0.272 e. The van der Waals surface area contributed by atoms with Crippen molar-refractivity contribution in [2.75, 3.05) is 0 Å². The Kier molecular flexibility index (Phi) is 8.34. The van der Waals surface area contributed by atoms with Crippen LogP contribution in [-0.2, 0) is 11.2 Å². The highest BCUT2D eigenvalue weighted by atomic mass is 19.1. The highest BCUT2D eigenvalue weighted by Crippen LogP contribution is 2.11. The number of rotatable bonds is 9. The van der Waals surface area contributed by atoms with Crippen LogP contribution in [0.5, 0.6) is 0 Å². The van der Waals surface area contributed by atoms with Crippen LogP contribution in [0.25, 0.3) is 0 Å². The number of Topliss-reactive ketones (excluding diaryl/α,β-unsaturated/α-hetero) is 1. The predicted octanol–water partition coefficient (Wildman–Crippen LogP) is 3.98. The maximum Gasteiger partial charge on any atom is 0.272 e. The van der Waals surface area contributed by atoms with E-state index >= 15 is 0 Å². The zero-order valence-electron chi connectivity index (χ0n) is 16.0. The maximum absolute atomic E-state index is 13.5. The largest absolute Gasteiger partial charge is 0.294 e. The van der Waals surface area contributed by atoms with Crippen LogP contribution in [0, 0.1) is 5.82 Å². The van der Waals surface area contributed by atoms with Gasteiger partial charge in [-0.25, -0.2) is 4.39 Å². The molecule has 2 aromatic rings. The van der Waals surface area contributed by atoms with Crippen molar-refractivity contribution in [3.8, 4) is 0 Å². The van der Waals surface area contributed by atoms with E-state index in [0.29, 0.717) is 5.56 Å². The zero-order valence-corrected chi connectivity index (χ0v) is 16.0. The summed E-state index contributed by atoms with van der Waals surface area (Å²) in [6, 6.07) is 12.9. The fourth-order valence-corrected chi connectivity index (χ4v) is 2.71. The van der Waals surface area contributed by atoms with Crippen LogP contribution in [-0.4, -0.2) is 17.6 Å². The number of hydrogen-bond donors (Lipinski definition) is 2. The first kappa shape index (κ1) is 21.3. The highest BCUT2D eigenvalue weighted by Gasteiger charge is 2.13. The van der Waals surface area contributed by atoms with Gasteiger partial charge in [-0.2, -0.15) is 0 Å². The van der Waals surface area contributed by atoms with Gasteiger partial charge in [0.1, 0.15) is 5.82 Å². The molecule has 6 heteroatoms. The summed E-state index contributed by atoms with van der Waals surface area (Å²) in [6.07, 6.45) is 4.42. The molecule has 0 aliphatic carbocycles. The SMILES string of the molecule is CCCCCc1ccc(C(=O)CCC(=O)NNC(=O)c2ccccc2F)cc1. The molecule has 0 saturated heterocycles. The van der Waals surface area contributed by atoms with Gasteiger partial charge in [0.05, 0.1) is 5.56 Å². The standard InChI is InChI=1S/C22H25FN2O3/c1-2-3-4-7-16-10-12-17(13-11-16)20(26)14-15-21(27)24-25-22(28)18-8-5-6-9-19(18)23/h5-6,8-13H,2-4,7,14-15H2,1H3,(H,24,27)(H,25,28). The molecule has 2 N–H and O–H groups in total. The van der Waals surface area contributed by atoms with E-state index < -0.39 is 17.6 Å². The summed E-state index contributed by atoms with van der Waals surface area (Å²) in [6.45, 7) is 2.16. The molecule has 2 aromatic carbocycles. The predicted molar refractivity (Wildman–Crippen MR) is 105 cm³/mol. The van der Waals surface area contributed by atoms with Gasteiger partial charge in [0.15, 0.2) is 5.78 Å². The van der Waals surface area contributed by atoms with Crippen LogP contribution in [0.4, 0.5) is 4.39 Å². The van der Waals surface area contributed by atoms with E-state index in [1.54, 1.807) is 12.1 Å². The van der Waals surface area contributed by atoms with Crippen LogP contribution in [0.15, 0.2) is 48.5 Å². The molecule has 0 heterocycles. The molecule has 0 unspecified atom stereocenters. The summed E-state index contributed by atoms with van der Waals surface area (Å²) in [5, 5.41) is 0. The van der Waals surface area contributed by atoms with Crippen molar-refractivity contribution in [3.63, 3.8) is 0 Å². The number of benzene rings is 2. The van der Waals surface area contributed by atoms with E-state index in [2.05, 4.69) is 17.8 Å². The van der Waals surface area contributed by atoms with E-state index in [4.69, 9.17) is 0 Å². The quantitative estimate of drug-likeness (QED) is 0.390. The van der Waals surface area contributed by atoms with Gasteiger partial charge in [-0.05, 0) is 30.5 Å². The molecule has 0 bridgehead atoms. The monoisotopic (exact) mass is 384 g/mol. The molecule has 0 radical (unpaired) electrons. The van der Waals surface area contributed by atoms with Crippen LogP contribution >= 0.6 is 0 Å². The summed E-state index contributed by atoms with van der Waals surface area (Å²) in [5.41, 5.74) is 5.92. The highest BCUT2D eigenvalue weighted by molar-refractivity contribution is 5.99. The van der Waals surface area contributed by atoms with E-state index in [-0.39, 0.29) is 24.2 Å². The van der Waals surface area contributed by atoms with Crippen molar-refractivity contribution >= 4 is 17.6 Å². The van der Waals surface area contributed by atoms with Crippen molar-refractivity contribution in [3.05, 3.63) is 71.0 Å². The Morgan fingerprint density at radius 3 is 2.29 bits per heavy atom. The fourth-order valence-electron chi connectivity index (χ4n) is 2.71. The van der Waals surface area contributed by atoms with Gasteiger partial charge >= 0.3 is 0 Å². The third-order valence-electron chi connectivity index (χ3n) is 4.36. The van der Waals surface area contributed by atoms with Crippen LogP contribution in [0.1, 0.15) is 65.3 Å². The Hall–Kier alpha value is -3.02. The molecule has 0 spiro atoms. The average molecular weight is 384 g/mol. The van der Waals surface area contributed by atoms with E-state index in [1.807, 2.05) is 12.1 Å². The molecule has 5 nitrogen and oxygen atoms in total. The summed E-state index contributed by atoms with van der Waals surface area (Å²) >= 11 is 0. The summed E-state index contributed by atoms with van der Waals surface area (Å²) in [4.78, 5) is 35.9. The third-order valence-corrected chi connectivity index (χ3v) is 4.36. The number of halogens is 1. The van der Waals surface area contributed by atoms with Crippen LogP contribution < -0.4 is 10.9 Å². The van der Waals surface area contributed by atoms with Gasteiger partial charge in [-0.1, -0.05) is 56.2 Å². The van der Waals surface area contributed by atoms with E-state index in [1.165, 1.54) is 36.6 Å². The first-order valence-electron chi connectivity index (χ1n) is 9.47. The molecule has 2 amide bonds. The van der Waals surface area contributed by atoms with Crippen molar-refractivity contribution < 1.29 is 18.8 Å². The van der Waals surface area contributed by atoms with Gasteiger partial charge in [0.25, 0.3) is 5.91 Å². The first-order chi connectivity index (χ1) is 13.5. The molecule has 2 rings (SSSR count). The Morgan fingerprint density at radius 2 is 1.61 bits per heavy atom. The molecule has 148 valence electrons. The second kappa shape index (κ2) is 11.0. The summed E-state index contributed by atoms with van der Waals surface area (Å²) in [5.74, 6) is -2.09. The van der Waals surface area contributed by atoms with Crippen molar-refractivity contribution in [1.82, 2.24) is 10.9 Å². The van der Waals surface area contributed by atoms with E-state index in [9.17, 15) is 18.8 Å². The van der Waals surface area contributed by atoms with E-state index in [0.717, 1.165) is 18.9 Å². The minimum Gasteiger partial charge on any atom is -0.294 e. The Balaban J connectivity index is 1.75. The molecule has 0 aliphatic heterocycles. The summed E-state index contributed by atoms with van der Waals surface area (Å²) < 4.78 is 13.5. The Morgan fingerprint density at radius 1 is 0.893 bits per heavy atom. The van der Waals surface area contributed by atoms with Crippen LogP contribution in [0.2, 0.25) is 0 Å². The van der Waals surface area contributed by atoms with Gasteiger partial charge in [0, 0.05) is 18.4 Å². The maximum atomic E-state index is 13.5. The first-order valence-corrected chi connectivity index (χ1v) is 9.47. The molecular formula is C22H25FN2O3. The number of hydrogen-bond acceptors (Lipinski definition) is 3. The second-order valence-electron chi connectivity index (χ2n) is 6.56. The number of carbonyl (C=O) groups is 3. The Bertz CT molecular complexity index is 819. The van der Waals surface area contributed by atoms with Crippen molar-refractivity contribution in [1.29, 1.82) is 0 Å². The van der Waals surface area contributed by atoms with Crippen molar-refractivity contribution in [2.45, 2.75) is 45.4 Å². The molecule has 0 aliphatic rings. The second-order valence-corrected chi connectivity index (χ2v) is 6.56. The van der Waals surface area contributed by atoms with Crippen LogP contribution in [0.3, 0.4) is 0 Å². The number of carbonyl (C=O) groups excluding carboxylic acids is 3. The lowest BCUT2D eigenvalue weighted by atomic mass is 10.0. The molecular weight excluding hydrogens is 359 g/mol. The zero-order chi connectivity index (χ0) is 20.4. The number of unbranched alkanes of at least 4 members (excludes halogenated alkanes) is 2. The molecule has 0 atom stereocenters. The normalized spacial score (nSPS) is 10.4. The lowest BCUT2D eigenvalue weighted by Crippen LogP contribution is -2.42. The topological polar surface area (TPSA) is 75.3 Å². The van der Waals surface area contributed by atoms with Gasteiger partial charge in [0.2, 0.25) is 5.91 Å². The van der Waals surface area contributed by atoms with Gasteiger partial charge < -0.3 is 0 Å². The van der Waals surface area contributed by atoms with Gasteiger partial charge in [-0.3, -0.25) is 25.2 Å². The number of aryl methyl sites for hydroxylation is 1. The number of hydrazine groups is 1. The number of ketones is 1. The minimum atomic E-state index is -0.753. The van der Waals surface area contributed by atoms with Crippen molar-refractivity contribution in [2.24, 2.45) is 0 Å². The number of amides is 2. The lowest BCUT2D eigenvalue weighted by molar-refractivity contribution is -0.121. The lowest BCUT2D eigenvalue weighted by Gasteiger charge is -2.08. The Labute approximate surface area is 164 Å². The average Bonchev–Trinajstić information content (AvgIpc) is 2.71.